The minimum Gasteiger partial charge on any atom is -0.262 e. The maximum absolute atomic E-state index is 11.0. The molecule has 0 unspecified atom stereocenters. The summed E-state index contributed by atoms with van der Waals surface area (Å²) < 4.78 is 1.87. The van der Waals surface area contributed by atoms with Gasteiger partial charge in [-0.25, -0.2) is 9.67 Å². The molecule has 0 radical (unpaired) electrons. The van der Waals surface area contributed by atoms with E-state index in [2.05, 4.69) is 11.9 Å². The lowest BCUT2D eigenvalue weighted by Gasteiger charge is -2.19. The summed E-state index contributed by atoms with van der Waals surface area (Å²) in [4.78, 5) is 20.2. The molecule has 0 atom stereocenters. The molecule has 1 aromatic carbocycles. The van der Waals surface area contributed by atoms with Crippen molar-refractivity contribution in [3.63, 3.8) is 0 Å². The smallest absolute Gasteiger partial charge is 0.262 e. The zero-order valence-corrected chi connectivity index (χ0v) is 16.9. The second kappa shape index (κ2) is 8.48. The van der Waals surface area contributed by atoms with E-state index in [0.29, 0.717) is 0 Å². The van der Waals surface area contributed by atoms with Gasteiger partial charge in [-0.05, 0) is 55.9 Å². The number of pyridine rings is 1. The molecule has 0 aliphatic heterocycles. The highest BCUT2D eigenvalue weighted by molar-refractivity contribution is 7.07. The van der Waals surface area contributed by atoms with E-state index in [1.807, 2.05) is 22.2 Å². The van der Waals surface area contributed by atoms with Crippen LogP contribution in [0.1, 0.15) is 32.6 Å². The van der Waals surface area contributed by atoms with E-state index in [4.69, 9.17) is 10.1 Å². The van der Waals surface area contributed by atoms with Crippen LogP contribution < -0.4 is 4.80 Å². The topological polar surface area (TPSA) is 85.7 Å². The zero-order valence-electron chi connectivity index (χ0n) is 16.1. The standard InChI is InChI=1S/C21H21N5O2S/c1-15-4-8-17(9-5-15)24-25-20(16-6-10-19(11-7-16)26(27)28)14-29-21(25)23-18-3-2-12-22-13-18/h2-3,6-7,10-15H,4-5,8-9H2,1H3. The Labute approximate surface area is 172 Å². The van der Waals surface area contributed by atoms with E-state index in [0.717, 1.165) is 59.1 Å². The lowest BCUT2D eigenvalue weighted by Crippen LogP contribution is -2.17. The minimum absolute atomic E-state index is 0.0726. The Balaban J connectivity index is 1.80. The van der Waals surface area contributed by atoms with Crippen molar-refractivity contribution in [2.24, 2.45) is 16.0 Å². The van der Waals surface area contributed by atoms with Gasteiger partial charge in [0.15, 0.2) is 0 Å². The van der Waals surface area contributed by atoms with Crippen molar-refractivity contribution in [2.45, 2.75) is 32.6 Å². The normalized spacial score (nSPS) is 17.3. The summed E-state index contributed by atoms with van der Waals surface area (Å²) in [7, 11) is 0. The van der Waals surface area contributed by atoms with E-state index in [1.165, 1.54) is 23.5 Å². The molecule has 0 spiro atoms. The minimum atomic E-state index is -0.391. The number of non-ortho nitro benzene ring substituents is 1. The first-order chi connectivity index (χ1) is 14.1. The van der Waals surface area contributed by atoms with Crippen LogP contribution in [-0.4, -0.2) is 20.3 Å². The fourth-order valence-electron chi connectivity index (χ4n) is 3.29. The van der Waals surface area contributed by atoms with Gasteiger partial charge in [-0.15, -0.1) is 11.3 Å². The number of hydrogen-bond donors (Lipinski definition) is 0. The largest absolute Gasteiger partial charge is 0.269 e. The Morgan fingerprint density at radius 3 is 2.62 bits per heavy atom. The summed E-state index contributed by atoms with van der Waals surface area (Å²) in [5, 5.41) is 17.9. The van der Waals surface area contributed by atoms with E-state index in [-0.39, 0.29) is 5.69 Å². The predicted molar refractivity (Wildman–Crippen MR) is 114 cm³/mol. The molecular formula is C21H21N5O2S. The van der Waals surface area contributed by atoms with Gasteiger partial charge in [0.2, 0.25) is 4.80 Å². The third-order valence-electron chi connectivity index (χ3n) is 5.02. The molecule has 1 saturated carbocycles. The first kappa shape index (κ1) is 19.2. The van der Waals surface area contributed by atoms with E-state index in [1.54, 1.807) is 24.5 Å². The number of nitro groups is 1. The monoisotopic (exact) mass is 407 g/mol. The third kappa shape index (κ3) is 4.48. The van der Waals surface area contributed by atoms with Crippen LogP contribution in [0.5, 0.6) is 0 Å². The lowest BCUT2D eigenvalue weighted by atomic mass is 9.90. The summed E-state index contributed by atoms with van der Waals surface area (Å²) in [6, 6.07) is 10.3. The summed E-state index contributed by atoms with van der Waals surface area (Å²) in [6.07, 6.45) is 7.68. The van der Waals surface area contributed by atoms with Gasteiger partial charge in [0.1, 0.15) is 0 Å². The van der Waals surface area contributed by atoms with Crippen molar-refractivity contribution in [1.29, 1.82) is 0 Å². The molecule has 2 aromatic heterocycles. The Hall–Kier alpha value is -3.13. The highest BCUT2D eigenvalue weighted by Crippen LogP contribution is 2.26. The molecule has 29 heavy (non-hydrogen) atoms. The maximum atomic E-state index is 11.0. The van der Waals surface area contributed by atoms with Crippen LogP contribution in [0.2, 0.25) is 0 Å². The molecule has 1 aliphatic rings. The number of rotatable bonds is 4. The Bertz CT molecular complexity index is 1090. The van der Waals surface area contributed by atoms with Crippen LogP contribution in [0, 0.1) is 16.0 Å². The molecule has 2 heterocycles. The molecule has 0 N–H and O–H groups in total. The van der Waals surface area contributed by atoms with Crippen LogP contribution >= 0.6 is 11.3 Å². The van der Waals surface area contributed by atoms with E-state index in [9.17, 15) is 10.1 Å². The van der Waals surface area contributed by atoms with Crippen molar-refractivity contribution >= 4 is 28.4 Å². The molecule has 3 aromatic rings. The van der Waals surface area contributed by atoms with Gasteiger partial charge in [0.05, 0.1) is 22.5 Å². The molecule has 0 bridgehead atoms. The summed E-state index contributed by atoms with van der Waals surface area (Å²) in [5.74, 6) is 0.732. The second-order valence-corrected chi connectivity index (χ2v) is 8.03. The van der Waals surface area contributed by atoms with Gasteiger partial charge in [0, 0.05) is 35.0 Å². The molecule has 1 aliphatic carbocycles. The Morgan fingerprint density at radius 2 is 1.97 bits per heavy atom. The first-order valence-corrected chi connectivity index (χ1v) is 10.4. The summed E-state index contributed by atoms with van der Waals surface area (Å²) >= 11 is 1.49. The van der Waals surface area contributed by atoms with Crippen LogP contribution in [-0.2, 0) is 0 Å². The van der Waals surface area contributed by atoms with Gasteiger partial charge < -0.3 is 0 Å². The Kier molecular flexibility index (Phi) is 5.62. The number of thiazole rings is 1. The van der Waals surface area contributed by atoms with E-state index < -0.39 is 4.92 Å². The van der Waals surface area contributed by atoms with Gasteiger partial charge in [-0.1, -0.05) is 6.92 Å². The second-order valence-electron chi connectivity index (χ2n) is 7.19. The first-order valence-electron chi connectivity index (χ1n) is 9.57. The molecule has 7 nitrogen and oxygen atoms in total. The number of nitro benzene ring substituents is 1. The average Bonchev–Trinajstić information content (AvgIpc) is 3.12. The molecule has 1 fully saturated rings. The average molecular weight is 407 g/mol. The van der Waals surface area contributed by atoms with Gasteiger partial charge in [0.25, 0.3) is 5.69 Å². The van der Waals surface area contributed by atoms with Crippen LogP contribution in [0.4, 0.5) is 11.4 Å². The highest BCUT2D eigenvalue weighted by Gasteiger charge is 2.16. The van der Waals surface area contributed by atoms with Crippen molar-refractivity contribution < 1.29 is 4.92 Å². The highest BCUT2D eigenvalue weighted by atomic mass is 32.1. The fraction of sp³-hybridized carbons (Fsp3) is 0.286. The van der Waals surface area contributed by atoms with Crippen molar-refractivity contribution in [1.82, 2.24) is 9.66 Å². The number of benzene rings is 1. The molecular weight excluding hydrogens is 386 g/mol. The van der Waals surface area contributed by atoms with Crippen LogP contribution in [0.25, 0.3) is 11.3 Å². The Morgan fingerprint density at radius 1 is 1.21 bits per heavy atom. The van der Waals surface area contributed by atoms with Gasteiger partial charge >= 0.3 is 0 Å². The lowest BCUT2D eigenvalue weighted by molar-refractivity contribution is -0.384. The van der Waals surface area contributed by atoms with Gasteiger partial charge in [-0.2, -0.15) is 5.10 Å². The van der Waals surface area contributed by atoms with Crippen molar-refractivity contribution in [3.05, 3.63) is 69.1 Å². The van der Waals surface area contributed by atoms with Crippen molar-refractivity contribution in [2.75, 3.05) is 0 Å². The van der Waals surface area contributed by atoms with Gasteiger partial charge in [-0.3, -0.25) is 15.1 Å². The third-order valence-corrected chi connectivity index (χ3v) is 5.84. The zero-order chi connectivity index (χ0) is 20.2. The molecule has 0 saturated heterocycles. The number of hydrogen-bond acceptors (Lipinski definition) is 6. The predicted octanol–water partition coefficient (Wildman–Crippen LogP) is 5.17. The molecule has 8 heteroatoms. The van der Waals surface area contributed by atoms with Crippen molar-refractivity contribution in [3.8, 4) is 11.3 Å². The number of nitrogens with zero attached hydrogens (tertiary/aromatic N) is 5. The summed E-state index contributed by atoms with van der Waals surface area (Å²) in [6.45, 7) is 2.28. The SMILES string of the molecule is CC1CCC(=Nn2c(-c3ccc([N+](=O)[O-])cc3)csc2=Nc2cccnc2)CC1. The van der Waals surface area contributed by atoms with Crippen LogP contribution in [0.15, 0.2) is 64.3 Å². The summed E-state index contributed by atoms with van der Waals surface area (Å²) in [5.41, 5.74) is 3.74. The number of aromatic nitrogens is 2. The van der Waals surface area contributed by atoms with Crippen LogP contribution in [0.3, 0.4) is 0 Å². The quantitative estimate of drug-likeness (QED) is 0.442. The molecule has 4 rings (SSSR count). The molecule has 0 amide bonds. The molecule has 148 valence electrons. The maximum Gasteiger partial charge on any atom is 0.269 e. The fourth-order valence-corrected chi connectivity index (χ4v) is 4.14. The van der Waals surface area contributed by atoms with E-state index >= 15 is 0 Å².